The molecule has 0 aromatic carbocycles. The Morgan fingerprint density at radius 1 is 1.24 bits per heavy atom. The summed E-state index contributed by atoms with van der Waals surface area (Å²) in [6.45, 7) is 6.73. The van der Waals surface area contributed by atoms with Gasteiger partial charge in [0.1, 0.15) is 0 Å². The van der Waals surface area contributed by atoms with Crippen molar-refractivity contribution >= 4 is 5.91 Å². The van der Waals surface area contributed by atoms with Gasteiger partial charge in [0.05, 0.1) is 6.54 Å². The standard InChI is InChI=1S/C14H28N2O/c1-4-5-12-6-8-13(9-7-12)15-10-14(17)16-11(2)3/h11-13,15H,4-10H2,1-3H3,(H,16,17). The van der Waals surface area contributed by atoms with Gasteiger partial charge in [-0.15, -0.1) is 0 Å². The van der Waals surface area contributed by atoms with Gasteiger partial charge in [-0.3, -0.25) is 4.79 Å². The molecule has 0 aromatic rings. The van der Waals surface area contributed by atoms with E-state index in [9.17, 15) is 4.79 Å². The fourth-order valence-electron chi connectivity index (χ4n) is 2.67. The third-order valence-corrected chi connectivity index (χ3v) is 3.54. The zero-order valence-electron chi connectivity index (χ0n) is 11.6. The van der Waals surface area contributed by atoms with Gasteiger partial charge in [0.25, 0.3) is 0 Å². The molecule has 1 amide bonds. The molecule has 2 N–H and O–H groups in total. The van der Waals surface area contributed by atoms with E-state index in [-0.39, 0.29) is 11.9 Å². The SMILES string of the molecule is CCCC1CCC(NCC(=O)NC(C)C)CC1. The third-order valence-electron chi connectivity index (χ3n) is 3.54. The molecule has 0 unspecified atom stereocenters. The van der Waals surface area contributed by atoms with E-state index in [1.54, 1.807) is 0 Å². The predicted octanol–water partition coefficient (Wildman–Crippen LogP) is 2.46. The summed E-state index contributed by atoms with van der Waals surface area (Å²) in [7, 11) is 0. The van der Waals surface area contributed by atoms with E-state index in [1.807, 2.05) is 13.8 Å². The van der Waals surface area contributed by atoms with E-state index in [1.165, 1.54) is 38.5 Å². The summed E-state index contributed by atoms with van der Waals surface area (Å²) in [4.78, 5) is 11.5. The van der Waals surface area contributed by atoms with Crippen molar-refractivity contribution in [2.24, 2.45) is 5.92 Å². The summed E-state index contributed by atoms with van der Waals surface area (Å²) < 4.78 is 0. The van der Waals surface area contributed by atoms with Crippen LogP contribution in [0, 0.1) is 5.92 Å². The van der Waals surface area contributed by atoms with Gasteiger partial charge in [0.2, 0.25) is 5.91 Å². The Balaban J connectivity index is 2.11. The summed E-state index contributed by atoms with van der Waals surface area (Å²) in [6, 6.07) is 0.797. The first kappa shape index (κ1) is 14.5. The molecule has 100 valence electrons. The fourth-order valence-corrected chi connectivity index (χ4v) is 2.67. The maximum absolute atomic E-state index is 11.5. The van der Waals surface area contributed by atoms with Gasteiger partial charge in [0.15, 0.2) is 0 Å². The largest absolute Gasteiger partial charge is 0.353 e. The summed E-state index contributed by atoms with van der Waals surface area (Å²) in [5, 5.41) is 6.29. The van der Waals surface area contributed by atoms with Crippen molar-refractivity contribution in [1.29, 1.82) is 0 Å². The first-order chi connectivity index (χ1) is 8.11. The highest BCUT2D eigenvalue weighted by Gasteiger charge is 2.20. The van der Waals surface area contributed by atoms with Crippen LogP contribution in [-0.4, -0.2) is 24.5 Å². The Morgan fingerprint density at radius 2 is 1.88 bits per heavy atom. The van der Waals surface area contributed by atoms with Crippen LogP contribution >= 0.6 is 0 Å². The molecule has 0 spiro atoms. The molecule has 0 radical (unpaired) electrons. The number of amides is 1. The van der Waals surface area contributed by atoms with Gasteiger partial charge < -0.3 is 10.6 Å². The third kappa shape index (κ3) is 6.06. The van der Waals surface area contributed by atoms with Gasteiger partial charge in [-0.2, -0.15) is 0 Å². The van der Waals surface area contributed by atoms with Crippen molar-refractivity contribution in [3.8, 4) is 0 Å². The van der Waals surface area contributed by atoms with Crippen molar-refractivity contribution in [3.63, 3.8) is 0 Å². The second-order valence-electron chi connectivity index (χ2n) is 5.61. The van der Waals surface area contributed by atoms with Crippen LogP contribution in [0.3, 0.4) is 0 Å². The van der Waals surface area contributed by atoms with Gasteiger partial charge >= 0.3 is 0 Å². The molecule has 0 aromatic heterocycles. The average molecular weight is 240 g/mol. The van der Waals surface area contributed by atoms with Gasteiger partial charge in [-0.1, -0.05) is 19.8 Å². The zero-order chi connectivity index (χ0) is 12.7. The minimum absolute atomic E-state index is 0.121. The lowest BCUT2D eigenvalue weighted by atomic mass is 9.83. The highest BCUT2D eigenvalue weighted by molar-refractivity contribution is 5.78. The maximum atomic E-state index is 11.5. The van der Waals surface area contributed by atoms with Crippen LogP contribution in [0.4, 0.5) is 0 Å². The van der Waals surface area contributed by atoms with Crippen LogP contribution < -0.4 is 10.6 Å². The number of carbonyl (C=O) groups is 1. The number of carbonyl (C=O) groups excluding carboxylic acids is 1. The Labute approximate surface area is 106 Å². The van der Waals surface area contributed by atoms with E-state index in [2.05, 4.69) is 17.6 Å². The molecule has 1 saturated carbocycles. The Hall–Kier alpha value is -0.570. The normalized spacial score (nSPS) is 24.9. The molecule has 17 heavy (non-hydrogen) atoms. The zero-order valence-corrected chi connectivity index (χ0v) is 11.6. The lowest BCUT2D eigenvalue weighted by Gasteiger charge is -2.29. The minimum atomic E-state index is 0.121. The molecule has 0 bridgehead atoms. The summed E-state index contributed by atoms with van der Waals surface area (Å²) in [6.07, 6.45) is 7.81. The van der Waals surface area contributed by atoms with Crippen LogP contribution in [-0.2, 0) is 4.79 Å². The smallest absolute Gasteiger partial charge is 0.234 e. The number of rotatable bonds is 6. The highest BCUT2D eigenvalue weighted by atomic mass is 16.1. The maximum Gasteiger partial charge on any atom is 0.234 e. The van der Waals surface area contributed by atoms with Crippen molar-refractivity contribution in [2.75, 3.05) is 6.54 Å². The van der Waals surface area contributed by atoms with E-state index in [4.69, 9.17) is 0 Å². The van der Waals surface area contributed by atoms with Crippen molar-refractivity contribution in [1.82, 2.24) is 10.6 Å². The van der Waals surface area contributed by atoms with Crippen molar-refractivity contribution in [2.45, 2.75) is 71.4 Å². The summed E-state index contributed by atoms with van der Waals surface area (Å²) in [5.41, 5.74) is 0. The van der Waals surface area contributed by atoms with E-state index >= 15 is 0 Å². The van der Waals surface area contributed by atoms with Crippen LogP contribution in [0.15, 0.2) is 0 Å². The average Bonchev–Trinajstić information content (AvgIpc) is 2.28. The van der Waals surface area contributed by atoms with Crippen molar-refractivity contribution in [3.05, 3.63) is 0 Å². The van der Waals surface area contributed by atoms with E-state index < -0.39 is 0 Å². The van der Waals surface area contributed by atoms with Crippen LogP contribution in [0.2, 0.25) is 0 Å². The number of hydrogen-bond donors (Lipinski definition) is 2. The molecule has 0 atom stereocenters. The first-order valence-corrected chi connectivity index (χ1v) is 7.14. The van der Waals surface area contributed by atoms with Crippen LogP contribution in [0.1, 0.15) is 59.3 Å². The number of nitrogens with one attached hydrogen (secondary N) is 2. The topological polar surface area (TPSA) is 41.1 Å². The molecule has 0 saturated heterocycles. The van der Waals surface area contributed by atoms with Gasteiger partial charge in [0, 0.05) is 12.1 Å². The molecular weight excluding hydrogens is 212 g/mol. The second-order valence-corrected chi connectivity index (χ2v) is 5.61. The van der Waals surface area contributed by atoms with Gasteiger partial charge in [-0.05, 0) is 45.4 Å². The molecule has 0 heterocycles. The Kier molecular flexibility index (Phi) is 6.56. The first-order valence-electron chi connectivity index (χ1n) is 7.14. The van der Waals surface area contributed by atoms with Gasteiger partial charge in [-0.25, -0.2) is 0 Å². The lowest BCUT2D eigenvalue weighted by molar-refractivity contribution is -0.120. The molecule has 3 nitrogen and oxygen atoms in total. The highest BCUT2D eigenvalue weighted by Crippen LogP contribution is 2.27. The van der Waals surface area contributed by atoms with Crippen LogP contribution in [0.25, 0.3) is 0 Å². The predicted molar refractivity (Wildman–Crippen MR) is 71.9 cm³/mol. The molecule has 0 aliphatic heterocycles. The summed E-state index contributed by atoms with van der Waals surface area (Å²) in [5.74, 6) is 1.05. The Morgan fingerprint density at radius 3 is 2.41 bits per heavy atom. The lowest BCUT2D eigenvalue weighted by Crippen LogP contribution is -2.42. The quantitative estimate of drug-likeness (QED) is 0.749. The molecular formula is C14H28N2O. The fraction of sp³-hybridized carbons (Fsp3) is 0.929. The number of hydrogen-bond acceptors (Lipinski definition) is 2. The molecule has 1 rings (SSSR count). The minimum Gasteiger partial charge on any atom is -0.353 e. The molecule has 1 aliphatic carbocycles. The monoisotopic (exact) mass is 240 g/mol. The Bertz CT molecular complexity index is 220. The molecule has 1 fully saturated rings. The molecule has 3 heteroatoms. The molecule has 1 aliphatic rings. The van der Waals surface area contributed by atoms with Crippen LogP contribution in [0.5, 0.6) is 0 Å². The summed E-state index contributed by atoms with van der Waals surface area (Å²) >= 11 is 0. The van der Waals surface area contributed by atoms with Crippen molar-refractivity contribution < 1.29 is 4.79 Å². The second kappa shape index (κ2) is 7.70. The van der Waals surface area contributed by atoms with E-state index in [0.717, 1.165) is 5.92 Å². The van der Waals surface area contributed by atoms with E-state index in [0.29, 0.717) is 12.6 Å².